The van der Waals surface area contributed by atoms with Crippen molar-refractivity contribution in [2.45, 2.75) is 13.8 Å². The van der Waals surface area contributed by atoms with Crippen molar-refractivity contribution in [3.05, 3.63) is 52.0 Å². The summed E-state index contributed by atoms with van der Waals surface area (Å²) in [7, 11) is 0. The minimum Gasteiger partial charge on any atom is -0.506 e. The van der Waals surface area contributed by atoms with E-state index in [0.717, 1.165) is 15.6 Å². The Morgan fingerprint density at radius 2 is 2.00 bits per heavy atom. The molecule has 0 saturated heterocycles. The lowest BCUT2D eigenvalue weighted by molar-refractivity contribution is -0.121. The van der Waals surface area contributed by atoms with Gasteiger partial charge < -0.3 is 15.2 Å². The number of anilines is 1. The van der Waals surface area contributed by atoms with E-state index in [2.05, 4.69) is 26.6 Å². The lowest BCUT2D eigenvalue weighted by Gasteiger charge is -2.12. The summed E-state index contributed by atoms with van der Waals surface area (Å²) >= 11 is 8.47. The third-order valence-corrected chi connectivity index (χ3v) is 4.25. The Balaban J connectivity index is 1.86. The van der Waals surface area contributed by atoms with Crippen LogP contribution in [0.5, 0.6) is 11.5 Å². The van der Waals surface area contributed by atoms with E-state index in [0.29, 0.717) is 11.4 Å². The standard InChI is InChI=1S/C17H17BrN2O3S/c1-10-3-6-15(21)14(7-10)19-17(24)20-16(22)9-23-12-4-5-13(18)11(2)8-12/h3-8,21H,9H2,1-2H3,(H2,19,20,22,24). The number of hydrogen-bond donors (Lipinski definition) is 3. The van der Waals surface area contributed by atoms with Crippen molar-refractivity contribution in [1.82, 2.24) is 5.32 Å². The first-order chi connectivity index (χ1) is 11.3. The van der Waals surface area contributed by atoms with Crippen LogP contribution in [0.25, 0.3) is 0 Å². The summed E-state index contributed by atoms with van der Waals surface area (Å²) in [6.45, 7) is 3.66. The minimum absolute atomic E-state index is 0.0544. The van der Waals surface area contributed by atoms with E-state index in [4.69, 9.17) is 17.0 Å². The van der Waals surface area contributed by atoms with Crippen LogP contribution in [-0.4, -0.2) is 22.7 Å². The van der Waals surface area contributed by atoms with Gasteiger partial charge in [0, 0.05) is 4.47 Å². The monoisotopic (exact) mass is 408 g/mol. The van der Waals surface area contributed by atoms with E-state index in [1.54, 1.807) is 24.3 Å². The molecule has 0 saturated carbocycles. The zero-order valence-electron chi connectivity index (χ0n) is 13.2. The van der Waals surface area contributed by atoms with E-state index in [1.807, 2.05) is 26.0 Å². The van der Waals surface area contributed by atoms with Crippen molar-refractivity contribution in [3.63, 3.8) is 0 Å². The largest absolute Gasteiger partial charge is 0.506 e. The highest BCUT2D eigenvalue weighted by Crippen LogP contribution is 2.23. The van der Waals surface area contributed by atoms with Gasteiger partial charge in [-0.05, 0) is 67.5 Å². The number of carbonyl (C=O) groups is 1. The Labute approximate surface area is 154 Å². The first-order valence-electron chi connectivity index (χ1n) is 7.14. The van der Waals surface area contributed by atoms with E-state index in [-0.39, 0.29) is 23.4 Å². The van der Waals surface area contributed by atoms with Gasteiger partial charge >= 0.3 is 0 Å². The number of thiocarbonyl (C=S) groups is 1. The summed E-state index contributed by atoms with van der Waals surface area (Å²) < 4.78 is 6.40. The third kappa shape index (κ3) is 5.21. The van der Waals surface area contributed by atoms with Gasteiger partial charge in [0.2, 0.25) is 0 Å². The van der Waals surface area contributed by atoms with Crippen LogP contribution in [0.3, 0.4) is 0 Å². The molecule has 2 aromatic rings. The summed E-state index contributed by atoms with van der Waals surface area (Å²) in [4.78, 5) is 11.9. The van der Waals surface area contributed by atoms with Crippen LogP contribution >= 0.6 is 28.1 Å². The molecule has 126 valence electrons. The molecule has 1 amide bonds. The fraction of sp³-hybridized carbons (Fsp3) is 0.176. The van der Waals surface area contributed by atoms with Crippen molar-refractivity contribution < 1.29 is 14.6 Å². The molecule has 5 nitrogen and oxygen atoms in total. The maximum atomic E-state index is 11.9. The number of amides is 1. The topological polar surface area (TPSA) is 70.6 Å². The van der Waals surface area contributed by atoms with E-state index >= 15 is 0 Å². The van der Waals surface area contributed by atoms with E-state index < -0.39 is 0 Å². The second-order valence-electron chi connectivity index (χ2n) is 5.22. The summed E-state index contributed by atoms with van der Waals surface area (Å²) in [5, 5.41) is 15.1. The molecule has 0 unspecified atom stereocenters. The van der Waals surface area contributed by atoms with Crippen LogP contribution in [-0.2, 0) is 4.79 Å². The van der Waals surface area contributed by atoms with Gasteiger partial charge in [-0.15, -0.1) is 0 Å². The number of phenols is 1. The Bertz CT molecular complexity index is 780. The third-order valence-electron chi connectivity index (χ3n) is 3.15. The molecule has 0 spiro atoms. The second-order valence-corrected chi connectivity index (χ2v) is 6.49. The van der Waals surface area contributed by atoms with E-state index in [9.17, 15) is 9.90 Å². The molecule has 0 bridgehead atoms. The summed E-state index contributed by atoms with van der Waals surface area (Å²) in [5.41, 5.74) is 2.41. The molecule has 2 aromatic carbocycles. The normalized spacial score (nSPS) is 10.1. The number of phenolic OH excluding ortho intramolecular Hbond substituents is 1. The van der Waals surface area contributed by atoms with Gasteiger partial charge in [-0.25, -0.2) is 0 Å². The Kier molecular flexibility index (Phi) is 6.16. The number of halogens is 1. The van der Waals surface area contributed by atoms with Gasteiger partial charge in [0.05, 0.1) is 5.69 Å². The Morgan fingerprint density at radius 3 is 2.71 bits per heavy atom. The maximum absolute atomic E-state index is 11.9. The molecule has 0 aliphatic rings. The number of nitrogens with one attached hydrogen (secondary N) is 2. The molecule has 0 aliphatic heterocycles. The van der Waals surface area contributed by atoms with Crippen LogP contribution in [0.15, 0.2) is 40.9 Å². The quantitative estimate of drug-likeness (QED) is 0.531. The fourth-order valence-corrected chi connectivity index (χ4v) is 2.39. The predicted octanol–water partition coefficient (Wildman–Crippen LogP) is 3.66. The van der Waals surface area contributed by atoms with Gasteiger partial charge in [0.15, 0.2) is 11.7 Å². The molecule has 7 heteroatoms. The van der Waals surface area contributed by atoms with E-state index in [1.165, 1.54) is 0 Å². The van der Waals surface area contributed by atoms with Crippen molar-refractivity contribution >= 4 is 44.9 Å². The van der Waals surface area contributed by atoms with Gasteiger partial charge in [0.1, 0.15) is 11.5 Å². The van der Waals surface area contributed by atoms with Crippen LogP contribution in [0, 0.1) is 13.8 Å². The number of ether oxygens (including phenoxy) is 1. The molecule has 0 aromatic heterocycles. The first kappa shape index (κ1) is 18.2. The van der Waals surface area contributed by atoms with Gasteiger partial charge in [0.25, 0.3) is 5.91 Å². The van der Waals surface area contributed by atoms with Crippen LogP contribution in [0.1, 0.15) is 11.1 Å². The second kappa shape index (κ2) is 8.12. The molecule has 0 heterocycles. The van der Waals surface area contributed by atoms with Crippen molar-refractivity contribution in [2.75, 3.05) is 11.9 Å². The molecular weight excluding hydrogens is 392 g/mol. The lowest BCUT2D eigenvalue weighted by Crippen LogP contribution is -2.37. The van der Waals surface area contributed by atoms with Crippen LogP contribution < -0.4 is 15.4 Å². The smallest absolute Gasteiger partial charge is 0.264 e. The van der Waals surface area contributed by atoms with Gasteiger partial charge in [-0.3, -0.25) is 10.1 Å². The molecule has 24 heavy (non-hydrogen) atoms. The number of rotatable bonds is 4. The summed E-state index contributed by atoms with van der Waals surface area (Å²) in [5.74, 6) is 0.264. The number of aromatic hydroxyl groups is 1. The Hall–Kier alpha value is -2.12. The predicted molar refractivity (Wildman–Crippen MR) is 102 cm³/mol. The first-order valence-corrected chi connectivity index (χ1v) is 8.34. The van der Waals surface area contributed by atoms with Crippen molar-refractivity contribution in [2.24, 2.45) is 0 Å². The zero-order valence-corrected chi connectivity index (χ0v) is 15.6. The molecule has 2 rings (SSSR count). The number of benzene rings is 2. The minimum atomic E-state index is -0.389. The van der Waals surface area contributed by atoms with Gasteiger partial charge in [-0.1, -0.05) is 22.0 Å². The lowest BCUT2D eigenvalue weighted by atomic mass is 10.2. The SMILES string of the molecule is Cc1ccc(O)c(NC(=S)NC(=O)COc2ccc(Br)c(C)c2)c1. The molecule has 0 atom stereocenters. The molecule has 0 radical (unpaired) electrons. The molecule has 3 N–H and O–H groups in total. The molecular formula is C17H17BrN2O3S. The van der Waals surface area contributed by atoms with Crippen LogP contribution in [0.2, 0.25) is 0 Å². The average Bonchev–Trinajstić information content (AvgIpc) is 2.52. The van der Waals surface area contributed by atoms with Crippen molar-refractivity contribution in [1.29, 1.82) is 0 Å². The number of aryl methyl sites for hydroxylation is 2. The maximum Gasteiger partial charge on any atom is 0.264 e. The highest BCUT2D eigenvalue weighted by Gasteiger charge is 2.09. The highest BCUT2D eigenvalue weighted by molar-refractivity contribution is 9.10. The van der Waals surface area contributed by atoms with Crippen LogP contribution in [0.4, 0.5) is 5.69 Å². The van der Waals surface area contributed by atoms with Gasteiger partial charge in [-0.2, -0.15) is 0 Å². The highest BCUT2D eigenvalue weighted by atomic mass is 79.9. The summed E-state index contributed by atoms with van der Waals surface area (Å²) in [6, 6.07) is 10.5. The zero-order chi connectivity index (χ0) is 17.7. The molecule has 0 aliphatic carbocycles. The molecule has 0 fully saturated rings. The number of hydrogen-bond acceptors (Lipinski definition) is 4. The van der Waals surface area contributed by atoms with Crippen molar-refractivity contribution in [3.8, 4) is 11.5 Å². The Morgan fingerprint density at radius 1 is 1.25 bits per heavy atom. The summed E-state index contributed by atoms with van der Waals surface area (Å²) in [6.07, 6.45) is 0. The number of carbonyl (C=O) groups excluding carboxylic acids is 1. The average molecular weight is 409 g/mol. The fourth-order valence-electron chi connectivity index (χ4n) is 1.92.